The molecule has 0 radical (unpaired) electrons. The van der Waals surface area contributed by atoms with Crippen LogP contribution in [-0.4, -0.2) is 22.6 Å². The Labute approximate surface area is 128 Å². The van der Waals surface area contributed by atoms with Crippen LogP contribution in [0.1, 0.15) is 29.4 Å². The van der Waals surface area contributed by atoms with Gasteiger partial charge in [0.2, 0.25) is 0 Å². The highest BCUT2D eigenvalue weighted by Crippen LogP contribution is 2.32. The largest absolute Gasteiger partial charge is 0.387 e. The van der Waals surface area contributed by atoms with Crippen LogP contribution >= 0.6 is 22.9 Å². The van der Waals surface area contributed by atoms with Crippen molar-refractivity contribution < 1.29 is 5.11 Å². The van der Waals surface area contributed by atoms with Gasteiger partial charge in [0.1, 0.15) is 0 Å². The molecule has 1 aliphatic carbocycles. The summed E-state index contributed by atoms with van der Waals surface area (Å²) in [5.41, 5.74) is 0.825. The zero-order valence-corrected chi connectivity index (χ0v) is 12.8. The van der Waals surface area contributed by atoms with Gasteiger partial charge in [0.15, 0.2) is 0 Å². The predicted octanol–water partition coefficient (Wildman–Crippen LogP) is 4.10. The van der Waals surface area contributed by atoms with E-state index in [0.717, 1.165) is 12.1 Å². The average Bonchev–Trinajstić information content (AvgIpc) is 3.17. The fraction of sp³-hybridized carbons (Fsp3) is 0.375. The van der Waals surface area contributed by atoms with Crippen LogP contribution in [0.2, 0.25) is 5.02 Å². The molecule has 20 heavy (non-hydrogen) atoms. The minimum absolute atomic E-state index is 0.524. The van der Waals surface area contributed by atoms with E-state index in [1.165, 1.54) is 17.7 Å². The smallest absolute Gasteiger partial charge is 0.0931 e. The van der Waals surface area contributed by atoms with Gasteiger partial charge in [-0.3, -0.25) is 4.90 Å². The van der Waals surface area contributed by atoms with Crippen LogP contribution in [0.25, 0.3) is 0 Å². The van der Waals surface area contributed by atoms with E-state index in [1.54, 1.807) is 11.3 Å². The van der Waals surface area contributed by atoms with Crippen molar-refractivity contribution in [3.63, 3.8) is 0 Å². The lowest BCUT2D eigenvalue weighted by atomic mass is 10.1. The maximum absolute atomic E-state index is 10.5. The van der Waals surface area contributed by atoms with Gasteiger partial charge in [-0.05, 0) is 30.4 Å². The summed E-state index contributed by atoms with van der Waals surface area (Å²) in [5.74, 6) is 0. The molecule has 1 atom stereocenters. The molecule has 2 nitrogen and oxygen atoms in total. The fourth-order valence-electron chi connectivity index (χ4n) is 2.45. The quantitative estimate of drug-likeness (QED) is 0.868. The van der Waals surface area contributed by atoms with Crippen molar-refractivity contribution in [1.29, 1.82) is 0 Å². The number of thiophene rings is 1. The van der Waals surface area contributed by atoms with E-state index in [-0.39, 0.29) is 0 Å². The number of hydrogen-bond acceptors (Lipinski definition) is 3. The highest BCUT2D eigenvalue weighted by molar-refractivity contribution is 7.09. The number of aliphatic hydroxyl groups excluding tert-OH is 1. The number of benzene rings is 1. The first-order valence-electron chi connectivity index (χ1n) is 6.93. The Bertz CT molecular complexity index is 553. The van der Waals surface area contributed by atoms with Gasteiger partial charge in [-0.1, -0.05) is 35.9 Å². The van der Waals surface area contributed by atoms with Gasteiger partial charge in [0.25, 0.3) is 0 Å². The van der Waals surface area contributed by atoms with Crippen molar-refractivity contribution in [3.8, 4) is 0 Å². The van der Waals surface area contributed by atoms with Crippen molar-refractivity contribution in [2.75, 3.05) is 6.54 Å². The van der Waals surface area contributed by atoms with Gasteiger partial charge >= 0.3 is 0 Å². The van der Waals surface area contributed by atoms with Crippen molar-refractivity contribution in [2.45, 2.75) is 31.5 Å². The number of halogens is 1. The molecule has 1 aliphatic rings. The van der Waals surface area contributed by atoms with Crippen molar-refractivity contribution in [1.82, 2.24) is 4.90 Å². The second-order valence-corrected chi connectivity index (χ2v) is 6.72. The fourth-order valence-corrected chi connectivity index (χ4v) is 3.44. The molecule has 106 valence electrons. The Morgan fingerprint density at radius 1 is 1.25 bits per heavy atom. The van der Waals surface area contributed by atoms with Gasteiger partial charge in [0, 0.05) is 34.6 Å². The summed E-state index contributed by atoms with van der Waals surface area (Å²) in [6.45, 7) is 1.57. The minimum atomic E-state index is -0.524. The highest BCUT2D eigenvalue weighted by atomic mass is 35.5. The SMILES string of the molecule is O[C@H](CN(Cc1cccs1)C1CC1)c1ccccc1Cl. The molecule has 0 spiro atoms. The van der Waals surface area contributed by atoms with Gasteiger partial charge < -0.3 is 5.11 Å². The Morgan fingerprint density at radius 2 is 2.05 bits per heavy atom. The van der Waals surface area contributed by atoms with Crippen molar-refractivity contribution in [3.05, 3.63) is 57.2 Å². The summed E-state index contributed by atoms with van der Waals surface area (Å²) >= 11 is 7.94. The molecule has 1 saturated carbocycles. The van der Waals surface area contributed by atoms with Gasteiger partial charge in [0.05, 0.1) is 6.10 Å². The number of aliphatic hydroxyl groups is 1. The Kier molecular flexibility index (Phi) is 4.41. The second kappa shape index (κ2) is 6.27. The first-order valence-corrected chi connectivity index (χ1v) is 8.18. The topological polar surface area (TPSA) is 23.5 Å². The third-order valence-electron chi connectivity index (χ3n) is 3.67. The Hall–Kier alpha value is -0.870. The third kappa shape index (κ3) is 3.41. The van der Waals surface area contributed by atoms with Crippen LogP contribution in [0.3, 0.4) is 0 Å². The van der Waals surface area contributed by atoms with Gasteiger partial charge in [-0.2, -0.15) is 0 Å². The van der Waals surface area contributed by atoms with E-state index in [1.807, 2.05) is 24.3 Å². The van der Waals surface area contributed by atoms with E-state index in [0.29, 0.717) is 17.6 Å². The van der Waals surface area contributed by atoms with Crippen LogP contribution in [0.15, 0.2) is 41.8 Å². The number of hydrogen-bond donors (Lipinski definition) is 1. The van der Waals surface area contributed by atoms with E-state index in [9.17, 15) is 5.11 Å². The predicted molar refractivity (Wildman–Crippen MR) is 84.2 cm³/mol. The van der Waals surface area contributed by atoms with Crippen LogP contribution in [0.4, 0.5) is 0 Å². The molecule has 0 unspecified atom stereocenters. The van der Waals surface area contributed by atoms with Gasteiger partial charge in [-0.15, -0.1) is 11.3 Å². The van der Waals surface area contributed by atoms with Crippen LogP contribution in [0, 0.1) is 0 Å². The first kappa shape index (κ1) is 14.1. The lowest BCUT2D eigenvalue weighted by molar-refractivity contribution is 0.105. The summed E-state index contributed by atoms with van der Waals surface area (Å²) in [4.78, 5) is 3.73. The molecule has 0 aliphatic heterocycles. The molecule has 1 fully saturated rings. The van der Waals surface area contributed by atoms with Crippen molar-refractivity contribution >= 4 is 22.9 Å². The monoisotopic (exact) mass is 307 g/mol. The average molecular weight is 308 g/mol. The molecule has 1 aromatic heterocycles. The molecule has 4 heteroatoms. The summed E-state index contributed by atoms with van der Waals surface area (Å²) in [6, 6.07) is 12.4. The van der Waals surface area contributed by atoms with Gasteiger partial charge in [-0.25, -0.2) is 0 Å². The first-order chi connectivity index (χ1) is 9.74. The maximum Gasteiger partial charge on any atom is 0.0931 e. The molecule has 0 bridgehead atoms. The van der Waals surface area contributed by atoms with E-state index < -0.39 is 6.10 Å². The third-order valence-corrected chi connectivity index (χ3v) is 4.88. The standard InChI is InChI=1S/C16H18ClNOS/c17-15-6-2-1-5-14(15)16(19)11-18(12-7-8-12)10-13-4-3-9-20-13/h1-6,9,12,16,19H,7-8,10-11H2/t16-/m1/s1. The van der Waals surface area contributed by atoms with E-state index >= 15 is 0 Å². The van der Waals surface area contributed by atoms with Crippen LogP contribution in [-0.2, 0) is 6.54 Å². The molecule has 2 aromatic rings. The maximum atomic E-state index is 10.5. The molecular weight excluding hydrogens is 290 g/mol. The molecule has 1 aromatic carbocycles. The summed E-state index contributed by atoms with van der Waals surface area (Å²) < 4.78 is 0. The summed E-state index contributed by atoms with van der Waals surface area (Å²) in [7, 11) is 0. The highest BCUT2D eigenvalue weighted by Gasteiger charge is 2.31. The summed E-state index contributed by atoms with van der Waals surface area (Å²) in [5, 5.41) is 13.2. The molecule has 1 heterocycles. The zero-order chi connectivity index (χ0) is 13.9. The van der Waals surface area contributed by atoms with E-state index in [4.69, 9.17) is 11.6 Å². The number of nitrogens with zero attached hydrogens (tertiary/aromatic N) is 1. The summed E-state index contributed by atoms with van der Waals surface area (Å²) in [6.07, 6.45) is 1.95. The van der Waals surface area contributed by atoms with Crippen LogP contribution < -0.4 is 0 Å². The minimum Gasteiger partial charge on any atom is -0.387 e. The Balaban J connectivity index is 1.68. The van der Waals surface area contributed by atoms with Crippen LogP contribution in [0.5, 0.6) is 0 Å². The van der Waals surface area contributed by atoms with E-state index in [2.05, 4.69) is 22.4 Å². The molecular formula is C16H18ClNOS. The lowest BCUT2D eigenvalue weighted by Crippen LogP contribution is -2.30. The van der Waals surface area contributed by atoms with Crippen molar-refractivity contribution in [2.24, 2.45) is 0 Å². The Morgan fingerprint density at radius 3 is 2.70 bits per heavy atom. The number of rotatable bonds is 6. The molecule has 3 rings (SSSR count). The molecule has 0 saturated heterocycles. The molecule has 0 amide bonds. The normalized spacial score (nSPS) is 16.6. The lowest BCUT2D eigenvalue weighted by Gasteiger charge is -2.25. The molecule has 1 N–H and O–H groups in total. The second-order valence-electron chi connectivity index (χ2n) is 5.28. The zero-order valence-electron chi connectivity index (χ0n) is 11.2.